The number of esters is 2. The number of rotatable bonds is 3. The Bertz CT molecular complexity index is 456. The average molecular weight is 333 g/mol. The molecule has 2 aliphatic rings. The van der Waals surface area contributed by atoms with Gasteiger partial charge in [0.1, 0.15) is 6.04 Å². The standard InChI is InChI=1S/C13H19NO5S2/c1-5-8-10(17-6(2)15)11(18-7(3)16)9-12(21-8)19-13(14-9)20-4/h8-12H,5H2,1-4H3/t8-,9-,10-,11-,12+/m1/s1. The molecule has 1 fully saturated rings. The van der Waals surface area contributed by atoms with Crippen LogP contribution in [0.15, 0.2) is 4.99 Å². The lowest BCUT2D eigenvalue weighted by Gasteiger charge is -2.40. The first-order valence-electron chi connectivity index (χ1n) is 6.74. The zero-order valence-corrected chi connectivity index (χ0v) is 14.0. The highest BCUT2D eigenvalue weighted by Crippen LogP contribution is 2.42. The third-order valence-corrected chi connectivity index (χ3v) is 5.41. The van der Waals surface area contributed by atoms with Crippen LogP contribution in [0.2, 0.25) is 0 Å². The molecule has 0 aromatic heterocycles. The van der Waals surface area contributed by atoms with E-state index in [1.165, 1.54) is 25.6 Å². The van der Waals surface area contributed by atoms with E-state index in [2.05, 4.69) is 4.99 Å². The van der Waals surface area contributed by atoms with Crippen molar-refractivity contribution in [1.29, 1.82) is 0 Å². The quantitative estimate of drug-likeness (QED) is 0.729. The van der Waals surface area contributed by atoms with Gasteiger partial charge in [0, 0.05) is 19.1 Å². The Kier molecular flexibility index (Phi) is 5.43. The fourth-order valence-electron chi connectivity index (χ4n) is 2.47. The number of fused-ring (bicyclic) bond motifs is 1. The highest BCUT2D eigenvalue weighted by molar-refractivity contribution is 8.13. The predicted octanol–water partition coefficient (Wildman–Crippen LogP) is 1.82. The predicted molar refractivity (Wildman–Crippen MR) is 82.4 cm³/mol. The summed E-state index contributed by atoms with van der Waals surface area (Å²) in [5.41, 5.74) is -0.200. The van der Waals surface area contributed by atoms with E-state index in [0.29, 0.717) is 5.23 Å². The number of ether oxygens (including phenoxy) is 3. The maximum Gasteiger partial charge on any atom is 0.303 e. The summed E-state index contributed by atoms with van der Waals surface area (Å²) in [6.07, 6.45) is 1.55. The first kappa shape index (κ1) is 16.5. The topological polar surface area (TPSA) is 74.2 Å². The van der Waals surface area contributed by atoms with E-state index >= 15 is 0 Å². The van der Waals surface area contributed by atoms with Gasteiger partial charge in [0.25, 0.3) is 0 Å². The molecule has 0 aliphatic carbocycles. The van der Waals surface area contributed by atoms with E-state index < -0.39 is 18.2 Å². The van der Waals surface area contributed by atoms with Crippen LogP contribution in [-0.4, -0.2) is 52.4 Å². The van der Waals surface area contributed by atoms with Crippen molar-refractivity contribution in [2.45, 2.75) is 56.1 Å². The first-order chi connectivity index (χ1) is 9.96. The molecule has 0 amide bonds. The molecule has 2 heterocycles. The number of thioether (sulfide) groups is 2. The molecular formula is C13H19NO5S2. The van der Waals surface area contributed by atoms with Crippen molar-refractivity contribution in [2.75, 3.05) is 6.26 Å². The maximum absolute atomic E-state index is 11.4. The third-order valence-electron chi connectivity index (χ3n) is 3.27. The zero-order valence-electron chi connectivity index (χ0n) is 12.4. The van der Waals surface area contributed by atoms with Crippen molar-refractivity contribution in [3.05, 3.63) is 0 Å². The fraction of sp³-hybridized carbons (Fsp3) is 0.769. The van der Waals surface area contributed by atoms with Crippen molar-refractivity contribution in [3.8, 4) is 0 Å². The van der Waals surface area contributed by atoms with Crippen molar-refractivity contribution in [1.82, 2.24) is 0 Å². The summed E-state index contributed by atoms with van der Waals surface area (Å²) in [4.78, 5) is 27.2. The van der Waals surface area contributed by atoms with Crippen LogP contribution in [0, 0.1) is 0 Å². The van der Waals surface area contributed by atoms with Crippen LogP contribution >= 0.6 is 23.5 Å². The van der Waals surface area contributed by atoms with E-state index in [4.69, 9.17) is 14.2 Å². The molecule has 21 heavy (non-hydrogen) atoms. The van der Waals surface area contributed by atoms with E-state index in [1.54, 1.807) is 11.8 Å². The lowest BCUT2D eigenvalue weighted by atomic mass is 10.0. The Morgan fingerprint density at radius 1 is 1.29 bits per heavy atom. The number of nitrogens with zero attached hydrogens (tertiary/aromatic N) is 1. The van der Waals surface area contributed by atoms with E-state index in [-0.39, 0.29) is 22.7 Å². The van der Waals surface area contributed by atoms with Gasteiger partial charge in [-0.2, -0.15) is 0 Å². The van der Waals surface area contributed by atoms with Crippen LogP contribution in [0.5, 0.6) is 0 Å². The van der Waals surface area contributed by atoms with E-state index in [9.17, 15) is 9.59 Å². The Hall–Kier alpha value is -0.890. The molecule has 0 N–H and O–H groups in total. The van der Waals surface area contributed by atoms with Gasteiger partial charge >= 0.3 is 11.9 Å². The molecular weight excluding hydrogens is 314 g/mol. The third kappa shape index (κ3) is 3.66. The Balaban J connectivity index is 2.28. The maximum atomic E-state index is 11.4. The molecule has 0 aromatic rings. The van der Waals surface area contributed by atoms with Crippen molar-refractivity contribution >= 4 is 40.7 Å². The molecule has 0 aromatic carbocycles. The molecule has 8 heteroatoms. The molecule has 6 nitrogen and oxygen atoms in total. The monoisotopic (exact) mass is 333 g/mol. The summed E-state index contributed by atoms with van der Waals surface area (Å²) in [6.45, 7) is 4.71. The largest absolute Gasteiger partial charge is 0.457 e. The second-order valence-corrected chi connectivity index (χ2v) is 6.91. The molecule has 118 valence electrons. The molecule has 0 unspecified atom stereocenters. The number of carbonyl (C=O) groups is 2. The Labute approximate surface area is 132 Å². The van der Waals surface area contributed by atoms with Crippen LogP contribution in [-0.2, 0) is 23.8 Å². The Morgan fingerprint density at radius 3 is 2.43 bits per heavy atom. The Morgan fingerprint density at radius 2 is 1.90 bits per heavy atom. The van der Waals surface area contributed by atoms with E-state index in [1.807, 2.05) is 13.2 Å². The minimum absolute atomic E-state index is 0.0101. The summed E-state index contributed by atoms with van der Waals surface area (Å²) < 4.78 is 16.6. The lowest BCUT2D eigenvalue weighted by molar-refractivity contribution is -0.168. The summed E-state index contributed by atoms with van der Waals surface area (Å²) >= 11 is 2.99. The first-order valence-corrected chi connectivity index (χ1v) is 8.91. The smallest absolute Gasteiger partial charge is 0.303 e. The summed E-state index contributed by atoms with van der Waals surface area (Å²) in [6, 6.07) is -0.339. The summed E-state index contributed by atoms with van der Waals surface area (Å²) in [7, 11) is 0. The van der Waals surface area contributed by atoms with Gasteiger partial charge in [-0.15, -0.1) is 11.8 Å². The highest BCUT2D eigenvalue weighted by Gasteiger charge is 2.52. The van der Waals surface area contributed by atoms with Crippen LogP contribution in [0.3, 0.4) is 0 Å². The van der Waals surface area contributed by atoms with Crippen LogP contribution in [0.1, 0.15) is 27.2 Å². The van der Waals surface area contributed by atoms with Gasteiger partial charge in [0.15, 0.2) is 17.6 Å². The van der Waals surface area contributed by atoms with Gasteiger partial charge in [-0.3, -0.25) is 9.59 Å². The zero-order chi connectivity index (χ0) is 15.6. The van der Waals surface area contributed by atoms with Gasteiger partial charge in [0.05, 0.1) is 0 Å². The van der Waals surface area contributed by atoms with Gasteiger partial charge in [-0.25, -0.2) is 4.99 Å². The fourth-order valence-corrected chi connectivity index (χ4v) is 4.38. The molecule has 1 saturated heterocycles. The minimum Gasteiger partial charge on any atom is -0.457 e. The molecule has 5 atom stereocenters. The van der Waals surface area contributed by atoms with Gasteiger partial charge in [0.2, 0.25) is 5.23 Å². The average Bonchev–Trinajstić information content (AvgIpc) is 2.83. The van der Waals surface area contributed by atoms with Crippen LogP contribution < -0.4 is 0 Å². The van der Waals surface area contributed by atoms with Crippen molar-refractivity contribution in [2.24, 2.45) is 4.99 Å². The summed E-state index contributed by atoms with van der Waals surface area (Å²) in [5.74, 6) is -0.798. The molecule has 0 saturated carbocycles. The van der Waals surface area contributed by atoms with Crippen LogP contribution in [0.25, 0.3) is 0 Å². The SMILES string of the molecule is CC[C@H]1S[C@@H]2OC(SC)=N[C@@H]2[C@@H](OC(C)=O)[C@@H]1OC(C)=O. The highest BCUT2D eigenvalue weighted by atomic mass is 32.2. The van der Waals surface area contributed by atoms with Gasteiger partial charge in [-0.1, -0.05) is 18.7 Å². The molecule has 0 bridgehead atoms. The van der Waals surface area contributed by atoms with Crippen molar-refractivity contribution in [3.63, 3.8) is 0 Å². The second kappa shape index (κ2) is 6.91. The second-order valence-electron chi connectivity index (χ2n) is 4.81. The lowest BCUT2D eigenvalue weighted by Crippen LogP contribution is -2.54. The van der Waals surface area contributed by atoms with Crippen LogP contribution in [0.4, 0.5) is 0 Å². The molecule has 2 aliphatic heterocycles. The number of hydrogen-bond acceptors (Lipinski definition) is 8. The molecule has 2 rings (SSSR count). The summed E-state index contributed by atoms with van der Waals surface area (Å²) in [5, 5.41) is 0.587. The van der Waals surface area contributed by atoms with Gasteiger partial charge in [-0.05, 0) is 12.7 Å². The molecule has 0 spiro atoms. The number of hydrogen-bond donors (Lipinski definition) is 0. The molecule has 0 radical (unpaired) electrons. The number of carbonyl (C=O) groups excluding carboxylic acids is 2. The van der Waals surface area contributed by atoms with E-state index in [0.717, 1.165) is 6.42 Å². The van der Waals surface area contributed by atoms with Gasteiger partial charge < -0.3 is 14.2 Å². The number of aliphatic imine (C=N–C) groups is 1. The minimum atomic E-state index is -0.604. The van der Waals surface area contributed by atoms with Crippen molar-refractivity contribution < 1.29 is 23.8 Å². The normalized spacial score (nSPS) is 34.5.